The van der Waals surface area contributed by atoms with Crippen molar-refractivity contribution >= 4 is 22.6 Å². The van der Waals surface area contributed by atoms with Gasteiger partial charge in [-0.3, -0.25) is 19.3 Å². The van der Waals surface area contributed by atoms with Crippen LogP contribution in [0.1, 0.15) is 29.6 Å². The van der Waals surface area contributed by atoms with Crippen LogP contribution in [0.4, 0.5) is 0 Å². The summed E-state index contributed by atoms with van der Waals surface area (Å²) >= 11 is 0. The Hall–Kier alpha value is -3.29. The number of nitrogens with zero attached hydrogens (tertiary/aromatic N) is 5. The summed E-state index contributed by atoms with van der Waals surface area (Å²) in [5.74, 6) is -0.0292. The molecule has 2 amide bonds. The van der Waals surface area contributed by atoms with Crippen LogP contribution in [-0.4, -0.2) is 55.8 Å². The van der Waals surface area contributed by atoms with Gasteiger partial charge in [0.05, 0.1) is 11.8 Å². The average molecular weight is 378 g/mol. The Morgan fingerprint density at radius 1 is 1.21 bits per heavy atom. The molecule has 1 N–H and O–H groups in total. The fourth-order valence-corrected chi connectivity index (χ4v) is 3.57. The molecule has 144 valence electrons. The lowest BCUT2D eigenvalue weighted by Gasteiger charge is -2.17. The van der Waals surface area contributed by atoms with Crippen molar-refractivity contribution in [3.63, 3.8) is 0 Å². The van der Waals surface area contributed by atoms with Crippen molar-refractivity contribution in [2.45, 2.75) is 31.8 Å². The van der Waals surface area contributed by atoms with Crippen LogP contribution >= 0.6 is 0 Å². The largest absolute Gasteiger partial charge is 0.347 e. The third kappa shape index (κ3) is 4.00. The van der Waals surface area contributed by atoms with E-state index in [4.69, 9.17) is 0 Å². The molecule has 2 aromatic heterocycles. The van der Waals surface area contributed by atoms with E-state index in [9.17, 15) is 9.59 Å². The molecule has 8 nitrogen and oxygen atoms in total. The molecule has 4 rings (SSSR count). The number of pyridine rings is 1. The van der Waals surface area contributed by atoms with Crippen molar-refractivity contribution in [1.82, 2.24) is 30.2 Å². The minimum atomic E-state index is -0.144. The van der Waals surface area contributed by atoms with E-state index in [1.807, 2.05) is 29.2 Å². The van der Waals surface area contributed by atoms with Gasteiger partial charge in [-0.25, -0.2) is 0 Å². The molecule has 1 saturated heterocycles. The number of carbonyl (C=O) groups excluding carboxylic acids is 2. The SMILES string of the molecule is O=C(NC1CCN(C(=O)CCCn2ccnn2)C1)c1cncc2ccccc12. The Kier molecular flexibility index (Phi) is 5.27. The minimum Gasteiger partial charge on any atom is -0.347 e. The first kappa shape index (κ1) is 18.1. The third-order valence-electron chi connectivity index (χ3n) is 5.04. The van der Waals surface area contributed by atoms with Crippen LogP contribution in [0.15, 0.2) is 49.1 Å². The van der Waals surface area contributed by atoms with E-state index in [0.29, 0.717) is 31.6 Å². The maximum Gasteiger partial charge on any atom is 0.253 e. The Labute approximate surface area is 162 Å². The Balaban J connectivity index is 1.30. The first-order chi connectivity index (χ1) is 13.7. The number of aromatic nitrogens is 4. The molecule has 1 aliphatic heterocycles. The van der Waals surface area contributed by atoms with E-state index in [1.54, 1.807) is 29.5 Å². The zero-order valence-corrected chi connectivity index (χ0v) is 15.5. The van der Waals surface area contributed by atoms with Crippen LogP contribution in [0.5, 0.6) is 0 Å². The Bertz CT molecular complexity index is 967. The summed E-state index contributed by atoms with van der Waals surface area (Å²) in [5, 5.41) is 12.5. The molecule has 1 unspecified atom stereocenters. The predicted molar refractivity (Wildman–Crippen MR) is 103 cm³/mol. The Morgan fingerprint density at radius 2 is 2.11 bits per heavy atom. The van der Waals surface area contributed by atoms with E-state index in [-0.39, 0.29) is 17.9 Å². The van der Waals surface area contributed by atoms with Gasteiger partial charge in [0, 0.05) is 56.1 Å². The summed E-state index contributed by atoms with van der Waals surface area (Å²) in [6.45, 7) is 1.89. The van der Waals surface area contributed by atoms with Crippen LogP contribution in [-0.2, 0) is 11.3 Å². The van der Waals surface area contributed by atoms with Gasteiger partial charge >= 0.3 is 0 Å². The minimum absolute atomic E-state index is 0.0364. The molecule has 1 fully saturated rings. The zero-order chi connectivity index (χ0) is 19.3. The monoisotopic (exact) mass is 378 g/mol. The summed E-state index contributed by atoms with van der Waals surface area (Å²) < 4.78 is 1.72. The van der Waals surface area contributed by atoms with Crippen molar-refractivity contribution in [2.24, 2.45) is 0 Å². The molecule has 0 spiro atoms. The number of aryl methyl sites for hydroxylation is 1. The number of nitrogens with one attached hydrogen (secondary N) is 1. The number of carbonyl (C=O) groups is 2. The summed E-state index contributed by atoms with van der Waals surface area (Å²) in [7, 11) is 0. The van der Waals surface area contributed by atoms with E-state index >= 15 is 0 Å². The van der Waals surface area contributed by atoms with Gasteiger partial charge in [0.2, 0.25) is 5.91 Å². The highest BCUT2D eigenvalue weighted by Crippen LogP contribution is 2.18. The lowest BCUT2D eigenvalue weighted by molar-refractivity contribution is -0.130. The van der Waals surface area contributed by atoms with Crippen LogP contribution < -0.4 is 5.32 Å². The first-order valence-corrected chi connectivity index (χ1v) is 9.46. The van der Waals surface area contributed by atoms with Gasteiger partial charge < -0.3 is 10.2 Å². The fourth-order valence-electron chi connectivity index (χ4n) is 3.57. The molecule has 1 aromatic carbocycles. The van der Waals surface area contributed by atoms with Gasteiger partial charge in [-0.15, -0.1) is 5.10 Å². The number of fused-ring (bicyclic) bond motifs is 1. The third-order valence-corrected chi connectivity index (χ3v) is 5.04. The molecule has 1 aliphatic rings. The van der Waals surface area contributed by atoms with E-state index < -0.39 is 0 Å². The van der Waals surface area contributed by atoms with Crippen molar-refractivity contribution in [3.05, 3.63) is 54.6 Å². The fraction of sp³-hybridized carbons (Fsp3) is 0.350. The highest BCUT2D eigenvalue weighted by Gasteiger charge is 2.27. The Morgan fingerprint density at radius 3 is 2.96 bits per heavy atom. The van der Waals surface area contributed by atoms with Crippen LogP contribution in [0.3, 0.4) is 0 Å². The van der Waals surface area contributed by atoms with E-state index in [2.05, 4.69) is 20.6 Å². The smallest absolute Gasteiger partial charge is 0.253 e. The second-order valence-corrected chi connectivity index (χ2v) is 6.98. The number of benzene rings is 1. The van der Waals surface area contributed by atoms with Crippen LogP contribution in [0.25, 0.3) is 10.8 Å². The topological polar surface area (TPSA) is 93.0 Å². The number of likely N-dealkylation sites (tertiary alicyclic amines) is 1. The van der Waals surface area contributed by atoms with Crippen molar-refractivity contribution in [3.8, 4) is 0 Å². The van der Waals surface area contributed by atoms with Gasteiger partial charge in [0.1, 0.15) is 0 Å². The van der Waals surface area contributed by atoms with E-state index in [0.717, 1.165) is 23.6 Å². The second-order valence-electron chi connectivity index (χ2n) is 6.98. The number of hydrogen-bond donors (Lipinski definition) is 1. The summed E-state index contributed by atoms with van der Waals surface area (Å²) in [5.41, 5.74) is 0.565. The quantitative estimate of drug-likeness (QED) is 0.704. The van der Waals surface area contributed by atoms with Crippen molar-refractivity contribution < 1.29 is 9.59 Å². The zero-order valence-electron chi connectivity index (χ0n) is 15.5. The second kappa shape index (κ2) is 8.16. The molecule has 3 heterocycles. The standard InChI is InChI=1S/C20H22N6O2/c27-19(6-3-9-26-11-8-22-24-26)25-10-7-16(14-25)23-20(28)18-13-21-12-15-4-1-2-5-17(15)18/h1-2,4-5,8,11-13,16H,3,6-7,9-10,14H2,(H,23,28). The first-order valence-electron chi connectivity index (χ1n) is 9.46. The highest BCUT2D eigenvalue weighted by atomic mass is 16.2. The molecular weight excluding hydrogens is 356 g/mol. The molecular formula is C20H22N6O2. The molecule has 0 saturated carbocycles. The van der Waals surface area contributed by atoms with Gasteiger partial charge in [-0.2, -0.15) is 0 Å². The average Bonchev–Trinajstić information content (AvgIpc) is 3.39. The van der Waals surface area contributed by atoms with Gasteiger partial charge in [0.15, 0.2) is 0 Å². The lowest BCUT2D eigenvalue weighted by atomic mass is 10.1. The predicted octanol–water partition coefficient (Wildman–Crippen LogP) is 1.64. The molecule has 0 bridgehead atoms. The highest BCUT2D eigenvalue weighted by molar-refractivity contribution is 6.06. The summed E-state index contributed by atoms with van der Waals surface area (Å²) in [4.78, 5) is 31.1. The van der Waals surface area contributed by atoms with Crippen molar-refractivity contribution in [2.75, 3.05) is 13.1 Å². The maximum absolute atomic E-state index is 12.7. The maximum atomic E-state index is 12.7. The van der Waals surface area contributed by atoms with Crippen LogP contribution in [0, 0.1) is 0 Å². The molecule has 0 radical (unpaired) electrons. The molecule has 1 atom stereocenters. The van der Waals surface area contributed by atoms with E-state index in [1.165, 1.54) is 0 Å². The van der Waals surface area contributed by atoms with Gasteiger partial charge in [0.25, 0.3) is 5.91 Å². The molecule has 0 aliphatic carbocycles. The van der Waals surface area contributed by atoms with Gasteiger partial charge in [-0.1, -0.05) is 29.5 Å². The molecule has 28 heavy (non-hydrogen) atoms. The number of rotatable bonds is 6. The molecule has 3 aromatic rings. The van der Waals surface area contributed by atoms with Crippen molar-refractivity contribution in [1.29, 1.82) is 0 Å². The normalized spacial score (nSPS) is 16.4. The number of hydrogen-bond acceptors (Lipinski definition) is 5. The summed E-state index contributed by atoms with van der Waals surface area (Å²) in [6, 6.07) is 7.66. The lowest BCUT2D eigenvalue weighted by Crippen LogP contribution is -2.38. The van der Waals surface area contributed by atoms with Crippen LogP contribution in [0.2, 0.25) is 0 Å². The van der Waals surface area contributed by atoms with Gasteiger partial charge in [-0.05, 0) is 18.2 Å². The number of amides is 2. The summed E-state index contributed by atoms with van der Waals surface area (Å²) in [6.07, 6.45) is 8.71. The molecule has 8 heteroatoms.